The minimum atomic E-state index is -0.499. The molecule has 4 rings (SSSR count). The second-order valence-corrected chi connectivity index (χ2v) is 6.54. The molecule has 2 N–H and O–H groups in total. The van der Waals surface area contributed by atoms with Crippen molar-refractivity contribution in [2.45, 2.75) is 12.5 Å². The maximum Gasteiger partial charge on any atom is 0.254 e. The summed E-state index contributed by atoms with van der Waals surface area (Å²) in [4.78, 5) is 27.2. The molecule has 0 bridgehead atoms. The molecule has 0 saturated carbocycles. The van der Waals surface area contributed by atoms with Crippen LogP contribution >= 0.6 is 0 Å². The zero-order valence-electron chi connectivity index (χ0n) is 14.8. The highest BCUT2D eigenvalue weighted by atomic mass is 16.2. The number of aromatic amines is 1. The number of nitrogens with one attached hydrogen (secondary N) is 2. The van der Waals surface area contributed by atoms with Crippen LogP contribution in [0.2, 0.25) is 0 Å². The summed E-state index contributed by atoms with van der Waals surface area (Å²) in [5.41, 5.74) is 3.47. The Bertz CT molecular complexity index is 921. The number of amides is 2. The van der Waals surface area contributed by atoms with Crippen LogP contribution in [0.3, 0.4) is 0 Å². The van der Waals surface area contributed by atoms with Crippen LogP contribution in [0.15, 0.2) is 66.9 Å². The molecule has 1 aliphatic rings. The lowest BCUT2D eigenvalue weighted by molar-refractivity contribution is -0.127. The minimum Gasteiger partial charge on any atom is -0.353 e. The zero-order valence-corrected chi connectivity index (χ0v) is 14.8. The molecule has 1 fully saturated rings. The molecule has 2 heterocycles. The smallest absolute Gasteiger partial charge is 0.254 e. The van der Waals surface area contributed by atoms with Crippen molar-refractivity contribution in [3.8, 4) is 11.3 Å². The van der Waals surface area contributed by atoms with E-state index in [1.165, 1.54) is 0 Å². The van der Waals surface area contributed by atoms with Crippen LogP contribution in [-0.4, -0.2) is 46.0 Å². The van der Waals surface area contributed by atoms with Gasteiger partial charge in [0.25, 0.3) is 5.91 Å². The second kappa shape index (κ2) is 7.45. The van der Waals surface area contributed by atoms with Gasteiger partial charge in [0.15, 0.2) is 0 Å². The van der Waals surface area contributed by atoms with Crippen LogP contribution in [0.25, 0.3) is 11.3 Å². The van der Waals surface area contributed by atoms with E-state index in [1.807, 2.05) is 48.5 Å². The molecule has 1 aromatic heterocycles. The first kappa shape index (κ1) is 17.0. The van der Waals surface area contributed by atoms with E-state index in [0.717, 1.165) is 16.8 Å². The van der Waals surface area contributed by atoms with Crippen molar-refractivity contribution >= 4 is 11.8 Å². The largest absolute Gasteiger partial charge is 0.353 e. The van der Waals surface area contributed by atoms with E-state index in [2.05, 4.69) is 15.5 Å². The number of carbonyl (C=O) groups is 2. The summed E-state index contributed by atoms with van der Waals surface area (Å²) in [6.07, 6.45) is 2.19. The van der Waals surface area contributed by atoms with Gasteiger partial charge in [0.2, 0.25) is 5.91 Å². The number of aromatic nitrogens is 2. The summed E-state index contributed by atoms with van der Waals surface area (Å²) < 4.78 is 0. The van der Waals surface area contributed by atoms with Gasteiger partial charge < -0.3 is 10.2 Å². The number of H-pyrrole nitrogens is 1. The Hall–Kier alpha value is -3.41. The normalized spacial score (nSPS) is 16.8. The zero-order chi connectivity index (χ0) is 18.6. The molecule has 1 atom stereocenters. The fraction of sp³-hybridized carbons (Fsp3) is 0.190. The Balaban J connectivity index is 1.55. The molecule has 6 heteroatoms. The van der Waals surface area contributed by atoms with Gasteiger partial charge in [-0.2, -0.15) is 5.10 Å². The average molecular weight is 360 g/mol. The van der Waals surface area contributed by atoms with E-state index in [4.69, 9.17) is 0 Å². The number of rotatable bonds is 4. The quantitative estimate of drug-likeness (QED) is 0.749. The van der Waals surface area contributed by atoms with E-state index in [1.54, 1.807) is 23.2 Å². The molecule has 0 unspecified atom stereocenters. The van der Waals surface area contributed by atoms with E-state index in [9.17, 15) is 9.59 Å². The molecule has 1 saturated heterocycles. The van der Waals surface area contributed by atoms with Crippen molar-refractivity contribution in [3.63, 3.8) is 0 Å². The number of nitrogens with zero attached hydrogens (tertiary/aromatic N) is 2. The SMILES string of the molecule is O=C1NCCN(C(=O)c2ccc(-c3ccn[nH]3)cc2)[C@@H]1Cc1ccccc1. The Morgan fingerprint density at radius 1 is 1.07 bits per heavy atom. The van der Waals surface area contributed by atoms with Gasteiger partial charge in [-0.1, -0.05) is 42.5 Å². The molecule has 2 aromatic carbocycles. The maximum atomic E-state index is 13.1. The van der Waals surface area contributed by atoms with Gasteiger partial charge in [-0.15, -0.1) is 0 Å². The molecule has 0 radical (unpaired) electrons. The Morgan fingerprint density at radius 2 is 1.85 bits per heavy atom. The van der Waals surface area contributed by atoms with Gasteiger partial charge in [0.05, 0.1) is 5.69 Å². The molecule has 136 valence electrons. The van der Waals surface area contributed by atoms with E-state index in [-0.39, 0.29) is 11.8 Å². The molecular weight excluding hydrogens is 340 g/mol. The van der Waals surface area contributed by atoms with Gasteiger partial charge in [-0.25, -0.2) is 0 Å². The number of benzene rings is 2. The van der Waals surface area contributed by atoms with Crippen LogP contribution < -0.4 is 5.32 Å². The summed E-state index contributed by atoms with van der Waals surface area (Å²) in [6.45, 7) is 0.979. The van der Waals surface area contributed by atoms with Gasteiger partial charge in [-0.05, 0) is 29.3 Å². The topological polar surface area (TPSA) is 78.1 Å². The predicted molar refractivity (Wildman–Crippen MR) is 102 cm³/mol. The molecule has 6 nitrogen and oxygen atoms in total. The highest BCUT2D eigenvalue weighted by molar-refractivity contribution is 5.98. The van der Waals surface area contributed by atoms with Crippen LogP contribution in [0, 0.1) is 0 Å². The predicted octanol–water partition coefficient (Wildman–Crippen LogP) is 2.26. The molecule has 3 aromatic rings. The summed E-state index contributed by atoms with van der Waals surface area (Å²) in [5, 5.41) is 9.72. The van der Waals surface area contributed by atoms with Gasteiger partial charge >= 0.3 is 0 Å². The Kier molecular flexibility index (Phi) is 4.70. The molecule has 27 heavy (non-hydrogen) atoms. The van der Waals surface area contributed by atoms with Crippen LogP contribution in [0.4, 0.5) is 0 Å². The fourth-order valence-corrected chi connectivity index (χ4v) is 3.37. The molecule has 0 aliphatic carbocycles. The number of carbonyl (C=O) groups excluding carboxylic acids is 2. The lowest BCUT2D eigenvalue weighted by Gasteiger charge is -2.35. The van der Waals surface area contributed by atoms with Crippen molar-refractivity contribution in [1.29, 1.82) is 0 Å². The third-order valence-electron chi connectivity index (χ3n) is 4.81. The monoisotopic (exact) mass is 360 g/mol. The minimum absolute atomic E-state index is 0.104. The number of piperazine rings is 1. The first-order chi connectivity index (χ1) is 13.2. The van der Waals surface area contributed by atoms with Crippen LogP contribution in [0.5, 0.6) is 0 Å². The van der Waals surface area contributed by atoms with E-state index < -0.39 is 6.04 Å². The lowest BCUT2D eigenvalue weighted by atomic mass is 10.0. The highest BCUT2D eigenvalue weighted by Crippen LogP contribution is 2.20. The van der Waals surface area contributed by atoms with Gasteiger partial charge in [0.1, 0.15) is 6.04 Å². The first-order valence-corrected chi connectivity index (χ1v) is 8.95. The summed E-state index contributed by atoms with van der Waals surface area (Å²) in [7, 11) is 0. The van der Waals surface area contributed by atoms with Crippen molar-refractivity contribution in [3.05, 3.63) is 78.0 Å². The first-order valence-electron chi connectivity index (χ1n) is 8.95. The lowest BCUT2D eigenvalue weighted by Crippen LogP contribution is -2.58. The van der Waals surface area contributed by atoms with Crippen molar-refractivity contribution in [2.24, 2.45) is 0 Å². The molecular formula is C21H20N4O2. The maximum absolute atomic E-state index is 13.1. The molecule has 1 aliphatic heterocycles. The van der Waals surface area contributed by atoms with Crippen LogP contribution in [-0.2, 0) is 11.2 Å². The second-order valence-electron chi connectivity index (χ2n) is 6.54. The Morgan fingerprint density at radius 3 is 2.56 bits per heavy atom. The van der Waals surface area contributed by atoms with E-state index >= 15 is 0 Å². The average Bonchev–Trinajstić information content (AvgIpc) is 3.25. The summed E-state index contributed by atoms with van der Waals surface area (Å²) >= 11 is 0. The number of hydrogen-bond acceptors (Lipinski definition) is 3. The molecule has 0 spiro atoms. The van der Waals surface area contributed by atoms with Crippen molar-refractivity contribution < 1.29 is 9.59 Å². The van der Waals surface area contributed by atoms with Crippen LogP contribution in [0.1, 0.15) is 15.9 Å². The third kappa shape index (κ3) is 3.60. The Labute approximate surface area is 157 Å². The standard InChI is InChI=1S/C21H20N4O2/c26-20-19(14-15-4-2-1-3-5-15)25(13-12-22-20)21(27)17-8-6-16(7-9-17)18-10-11-23-24-18/h1-11,19H,12-14H2,(H,22,26)(H,23,24)/t19-/m1/s1. The van der Waals surface area contributed by atoms with Crippen molar-refractivity contribution in [1.82, 2.24) is 20.4 Å². The fourth-order valence-electron chi connectivity index (χ4n) is 3.37. The third-order valence-corrected chi connectivity index (χ3v) is 4.81. The summed E-state index contributed by atoms with van der Waals surface area (Å²) in [5.74, 6) is -0.227. The number of hydrogen-bond donors (Lipinski definition) is 2. The molecule has 2 amide bonds. The van der Waals surface area contributed by atoms with Gasteiger partial charge in [-0.3, -0.25) is 14.7 Å². The van der Waals surface area contributed by atoms with Gasteiger partial charge in [0, 0.05) is 31.3 Å². The highest BCUT2D eigenvalue weighted by Gasteiger charge is 2.33. The van der Waals surface area contributed by atoms with E-state index in [0.29, 0.717) is 25.1 Å². The van der Waals surface area contributed by atoms with Crippen molar-refractivity contribution in [2.75, 3.05) is 13.1 Å². The summed E-state index contributed by atoms with van der Waals surface area (Å²) in [6, 6.07) is 18.5.